The summed E-state index contributed by atoms with van der Waals surface area (Å²) in [4.78, 5) is 11.3. The Kier molecular flexibility index (Phi) is 5.41. The number of ketones is 1. The van der Waals surface area contributed by atoms with Crippen LogP contribution in [0.3, 0.4) is 0 Å². The fourth-order valence-electron chi connectivity index (χ4n) is 1.39. The first-order valence-corrected chi connectivity index (χ1v) is 7.26. The second-order valence-electron chi connectivity index (χ2n) is 3.49. The van der Waals surface area contributed by atoms with E-state index in [1.54, 1.807) is 0 Å². The predicted molar refractivity (Wildman–Crippen MR) is 57.0 cm³/mol. The Bertz CT molecular complexity index is 196. The number of allylic oxidation sites excluding steroid dienone is 2. The van der Waals surface area contributed by atoms with Crippen molar-refractivity contribution in [3.63, 3.8) is 0 Å². The molecule has 1 rings (SSSR count). The molecule has 1 aliphatic rings. The third-order valence-corrected chi connectivity index (χ3v) is 4.69. The van der Waals surface area contributed by atoms with E-state index in [1.807, 2.05) is 6.08 Å². The molecule has 2 heteroatoms. The van der Waals surface area contributed by atoms with Gasteiger partial charge in [-0.3, -0.25) is 0 Å². The second kappa shape index (κ2) is 6.39. The molecule has 0 aromatic rings. The van der Waals surface area contributed by atoms with Crippen molar-refractivity contribution in [3.05, 3.63) is 10.5 Å². The molecule has 1 nitrogen and oxygen atoms in total. The van der Waals surface area contributed by atoms with Crippen molar-refractivity contribution in [2.45, 2.75) is 50.8 Å². The van der Waals surface area contributed by atoms with Gasteiger partial charge in [0, 0.05) is 0 Å². The van der Waals surface area contributed by atoms with Crippen LogP contribution in [0.4, 0.5) is 0 Å². The van der Waals surface area contributed by atoms with Crippen LogP contribution in [0.15, 0.2) is 10.5 Å². The van der Waals surface area contributed by atoms with E-state index in [1.165, 1.54) is 35.5 Å². The second-order valence-corrected chi connectivity index (χ2v) is 6.05. The van der Waals surface area contributed by atoms with E-state index in [0.29, 0.717) is 20.7 Å². The van der Waals surface area contributed by atoms with Crippen molar-refractivity contribution < 1.29 is 4.79 Å². The summed E-state index contributed by atoms with van der Waals surface area (Å²) in [6.45, 7) is 2.21. The van der Waals surface area contributed by atoms with Crippen molar-refractivity contribution >= 4 is 20.7 Å². The average molecular weight is 245 g/mol. The number of hydrogen-bond acceptors (Lipinski definition) is 1. The van der Waals surface area contributed by atoms with Gasteiger partial charge in [-0.15, -0.1) is 0 Å². The van der Waals surface area contributed by atoms with Gasteiger partial charge in [-0.1, -0.05) is 0 Å². The van der Waals surface area contributed by atoms with E-state index in [-0.39, 0.29) is 0 Å². The van der Waals surface area contributed by atoms with Crippen molar-refractivity contribution in [1.29, 1.82) is 0 Å². The summed E-state index contributed by atoms with van der Waals surface area (Å²) in [5.74, 6) is 0.368. The minimum atomic E-state index is 0.368. The van der Waals surface area contributed by atoms with E-state index in [9.17, 15) is 4.79 Å². The normalized spacial score (nSPS) is 23.2. The third-order valence-electron chi connectivity index (χ3n) is 2.20. The van der Waals surface area contributed by atoms with E-state index in [0.717, 1.165) is 12.8 Å². The molecule has 0 fully saturated rings. The van der Waals surface area contributed by atoms with Crippen LogP contribution in [-0.4, -0.2) is 20.7 Å². The predicted octanol–water partition coefficient (Wildman–Crippen LogP) is 2.94. The summed E-state index contributed by atoms with van der Waals surface area (Å²) in [6, 6.07) is 0. The fraction of sp³-hybridized carbons (Fsp3) is 0.727. The Morgan fingerprint density at radius 1 is 1.46 bits per heavy atom. The summed E-state index contributed by atoms with van der Waals surface area (Å²) in [5.41, 5.74) is 0. The van der Waals surface area contributed by atoms with Crippen LogP contribution in [0.1, 0.15) is 45.4 Å². The van der Waals surface area contributed by atoms with Crippen molar-refractivity contribution in [2.24, 2.45) is 0 Å². The fourth-order valence-corrected chi connectivity index (χ4v) is 3.73. The molecule has 0 atom stereocenters. The Morgan fingerprint density at radius 3 is 3.08 bits per heavy atom. The van der Waals surface area contributed by atoms with Gasteiger partial charge in [0.25, 0.3) is 0 Å². The van der Waals surface area contributed by atoms with Gasteiger partial charge >= 0.3 is 86.9 Å². The van der Waals surface area contributed by atoms with Crippen LogP contribution in [0.2, 0.25) is 5.32 Å². The van der Waals surface area contributed by atoms with Crippen molar-refractivity contribution in [3.8, 4) is 0 Å². The first-order valence-electron chi connectivity index (χ1n) is 5.19. The Labute approximate surface area is 87.1 Å². The summed E-state index contributed by atoms with van der Waals surface area (Å²) in [7, 11) is 0. The zero-order valence-corrected chi connectivity index (χ0v) is 10.1. The maximum atomic E-state index is 11.3. The first-order chi connectivity index (χ1) is 6.33. The van der Waals surface area contributed by atoms with Gasteiger partial charge in [0.1, 0.15) is 0 Å². The van der Waals surface area contributed by atoms with Gasteiger partial charge in [0.15, 0.2) is 0 Å². The molecular formula is C11H18OSe. The van der Waals surface area contributed by atoms with Crippen LogP contribution in [-0.2, 0) is 4.79 Å². The quantitative estimate of drug-likeness (QED) is 0.699. The molecular weight excluding hydrogens is 227 g/mol. The molecule has 0 aliphatic carbocycles. The van der Waals surface area contributed by atoms with Gasteiger partial charge in [-0.2, -0.15) is 0 Å². The van der Waals surface area contributed by atoms with Crippen LogP contribution in [0.5, 0.6) is 0 Å². The van der Waals surface area contributed by atoms with Gasteiger partial charge in [0.2, 0.25) is 0 Å². The van der Waals surface area contributed by atoms with E-state index < -0.39 is 0 Å². The monoisotopic (exact) mass is 246 g/mol. The summed E-state index contributed by atoms with van der Waals surface area (Å²) >= 11 is 0.616. The first kappa shape index (κ1) is 11.0. The van der Waals surface area contributed by atoms with Crippen molar-refractivity contribution in [2.75, 3.05) is 0 Å². The molecule has 1 heterocycles. The molecule has 74 valence electrons. The average Bonchev–Trinajstić information content (AvgIpc) is 2.09. The molecule has 0 radical (unpaired) electrons. The molecule has 0 amide bonds. The third kappa shape index (κ3) is 4.64. The molecule has 0 unspecified atom stereocenters. The zero-order valence-electron chi connectivity index (χ0n) is 8.34. The van der Waals surface area contributed by atoms with Crippen LogP contribution < -0.4 is 0 Å². The molecule has 0 bridgehead atoms. The summed E-state index contributed by atoms with van der Waals surface area (Å²) < 4.78 is 1.46. The zero-order chi connectivity index (χ0) is 9.52. The maximum absolute atomic E-state index is 11.3. The number of unbranched alkanes of at least 4 members (excludes halogenated alkanes) is 1. The molecule has 0 aromatic carbocycles. The Balaban J connectivity index is 2.46. The topological polar surface area (TPSA) is 17.1 Å². The van der Waals surface area contributed by atoms with Crippen LogP contribution in [0.25, 0.3) is 0 Å². The molecule has 13 heavy (non-hydrogen) atoms. The molecule has 0 aromatic heterocycles. The summed E-state index contributed by atoms with van der Waals surface area (Å²) in [5, 5.41) is 1.34. The standard InChI is InChI=1S/C11H18OSe/c1-2-3-7-11-9-10(12)6-4-5-8-13-11/h9H,2-8H2,1H3/b11-9-. The molecule has 0 saturated heterocycles. The Morgan fingerprint density at radius 2 is 2.31 bits per heavy atom. The van der Waals surface area contributed by atoms with Crippen LogP contribution in [0, 0.1) is 0 Å². The number of carbonyl (C=O) groups is 1. The van der Waals surface area contributed by atoms with Gasteiger partial charge < -0.3 is 0 Å². The van der Waals surface area contributed by atoms with Crippen LogP contribution >= 0.6 is 0 Å². The van der Waals surface area contributed by atoms with E-state index in [2.05, 4.69) is 6.92 Å². The van der Waals surface area contributed by atoms with Gasteiger partial charge in [-0.25, -0.2) is 0 Å². The summed E-state index contributed by atoms with van der Waals surface area (Å²) in [6.07, 6.45) is 8.75. The van der Waals surface area contributed by atoms with Gasteiger partial charge in [0.05, 0.1) is 0 Å². The SMILES string of the molecule is CCCC/C1=C/C(=O)CCCC[Se]1. The minimum absolute atomic E-state index is 0.368. The number of rotatable bonds is 3. The number of hydrogen-bond donors (Lipinski definition) is 0. The molecule has 0 N–H and O–H groups in total. The molecule has 0 spiro atoms. The van der Waals surface area contributed by atoms with Crippen molar-refractivity contribution in [1.82, 2.24) is 0 Å². The molecule has 0 saturated carbocycles. The number of carbonyl (C=O) groups excluding carboxylic acids is 1. The van der Waals surface area contributed by atoms with Gasteiger partial charge in [-0.05, 0) is 0 Å². The molecule has 1 aliphatic heterocycles. The van der Waals surface area contributed by atoms with E-state index >= 15 is 0 Å². The van der Waals surface area contributed by atoms with E-state index in [4.69, 9.17) is 0 Å². The Hall–Kier alpha value is -0.0705.